The number of hydrogen-bond donors (Lipinski definition) is 0. The van der Waals surface area contributed by atoms with Gasteiger partial charge < -0.3 is 4.90 Å². The first-order chi connectivity index (χ1) is 14.2. The summed E-state index contributed by atoms with van der Waals surface area (Å²) in [5.74, 6) is -0.117. The Morgan fingerprint density at radius 3 is 2.27 bits per heavy atom. The number of benzene rings is 1. The first kappa shape index (κ1) is 20.5. The number of carbonyl (C=O) groups excluding carboxylic acids is 1. The third-order valence-corrected chi connectivity index (χ3v) is 7.42. The molecule has 0 bridgehead atoms. The van der Waals surface area contributed by atoms with Crippen molar-refractivity contribution < 1.29 is 13.2 Å². The predicted octanol–water partition coefficient (Wildman–Crippen LogP) is 2.04. The lowest BCUT2D eigenvalue weighted by Gasteiger charge is -2.34. The van der Waals surface area contributed by atoms with Gasteiger partial charge in [0, 0.05) is 38.9 Å². The molecule has 8 nitrogen and oxygen atoms in total. The van der Waals surface area contributed by atoms with Crippen molar-refractivity contribution in [1.29, 1.82) is 0 Å². The van der Waals surface area contributed by atoms with Crippen LogP contribution in [0.15, 0.2) is 35.2 Å². The van der Waals surface area contributed by atoms with Crippen molar-refractivity contribution in [2.75, 3.05) is 26.2 Å². The molecule has 1 saturated heterocycles. The summed E-state index contributed by atoms with van der Waals surface area (Å²) in [5.41, 5.74) is 3.75. The van der Waals surface area contributed by atoms with E-state index in [1.807, 2.05) is 27.8 Å². The Bertz CT molecular complexity index is 1220. The fourth-order valence-corrected chi connectivity index (χ4v) is 5.32. The molecule has 2 aromatic heterocycles. The lowest BCUT2D eigenvalue weighted by molar-refractivity contribution is 0.0699. The van der Waals surface area contributed by atoms with Crippen molar-refractivity contribution in [3.63, 3.8) is 0 Å². The number of sulfonamides is 1. The molecule has 30 heavy (non-hydrogen) atoms. The number of hydrogen-bond acceptors (Lipinski definition) is 5. The highest BCUT2D eigenvalue weighted by atomic mass is 32.2. The van der Waals surface area contributed by atoms with E-state index < -0.39 is 10.0 Å². The van der Waals surface area contributed by atoms with E-state index in [0.29, 0.717) is 24.3 Å². The molecule has 0 unspecified atom stereocenters. The molecule has 3 heterocycles. The summed E-state index contributed by atoms with van der Waals surface area (Å²) in [7, 11) is -1.76. The molecule has 0 saturated carbocycles. The Kier molecular flexibility index (Phi) is 5.11. The Hall–Kier alpha value is -2.78. The molecule has 3 aromatic rings. The maximum atomic E-state index is 13.3. The van der Waals surface area contributed by atoms with Gasteiger partial charge in [-0.15, -0.1) is 0 Å². The maximum absolute atomic E-state index is 13.3. The summed E-state index contributed by atoms with van der Waals surface area (Å²) in [6, 6.07) is 8.63. The van der Waals surface area contributed by atoms with Crippen molar-refractivity contribution >= 4 is 27.0 Å². The fourth-order valence-electron chi connectivity index (χ4n) is 3.90. The van der Waals surface area contributed by atoms with Gasteiger partial charge in [0.2, 0.25) is 10.0 Å². The van der Waals surface area contributed by atoms with Crippen LogP contribution >= 0.6 is 0 Å². The number of amides is 1. The number of nitrogens with zero attached hydrogens (tertiary/aromatic N) is 5. The number of aromatic nitrogens is 3. The summed E-state index contributed by atoms with van der Waals surface area (Å²) >= 11 is 0. The van der Waals surface area contributed by atoms with Crippen LogP contribution in [0.25, 0.3) is 11.0 Å². The van der Waals surface area contributed by atoms with Crippen LogP contribution in [0.1, 0.15) is 27.3 Å². The molecule has 1 aliphatic heterocycles. The zero-order chi connectivity index (χ0) is 21.6. The van der Waals surface area contributed by atoms with Gasteiger partial charge in [-0.2, -0.15) is 9.40 Å². The van der Waals surface area contributed by atoms with Gasteiger partial charge in [-0.25, -0.2) is 13.4 Å². The minimum Gasteiger partial charge on any atom is -0.336 e. The van der Waals surface area contributed by atoms with Crippen molar-refractivity contribution in [2.45, 2.75) is 25.7 Å². The van der Waals surface area contributed by atoms with Gasteiger partial charge in [0.1, 0.15) is 0 Å². The largest absolute Gasteiger partial charge is 0.336 e. The first-order valence-corrected chi connectivity index (χ1v) is 11.3. The summed E-state index contributed by atoms with van der Waals surface area (Å²) in [4.78, 5) is 19.8. The standard InChI is InChI=1S/C21H25N5O3S/c1-14-5-7-17(8-6-14)30(28,29)26-11-9-25(10-12-26)21(27)18-13-15(2)22-20-19(18)16(3)23-24(20)4/h5-8,13H,9-12H2,1-4H3. The molecule has 0 N–H and O–H groups in total. The van der Waals surface area contributed by atoms with E-state index in [1.165, 1.54) is 4.31 Å². The Labute approximate surface area is 176 Å². The zero-order valence-corrected chi connectivity index (χ0v) is 18.4. The summed E-state index contributed by atoms with van der Waals surface area (Å²) < 4.78 is 29.0. The van der Waals surface area contributed by atoms with Crippen LogP contribution in [-0.2, 0) is 17.1 Å². The monoisotopic (exact) mass is 427 g/mol. The SMILES string of the molecule is Cc1ccc(S(=O)(=O)N2CCN(C(=O)c3cc(C)nc4c3c(C)nn4C)CC2)cc1. The molecular formula is C21H25N5O3S. The fraction of sp³-hybridized carbons (Fsp3) is 0.381. The predicted molar refractivity (Wildman–Crippen MR) is 114 cm³/mol. The molecule has 9 heteroatoms. The van der Waals surface area contributed by atoms with Gasteiger partial charge >= 0.3 is 0 Å². The smallest absolute Gasteiger partial charge is 0.254 e. The molecule has 0 radical (unpaired) electrons. The van der Waals surface area contributed by atoms with E-state index in [0.717, 1.165) is 22.3 Å². The van der Waals surface area contributed by atoms with Crippen molar-refractivity contribution in [3.05, 3.63) is 52.8 Å². The van der Waals surface area contributed by atoms with Crippen LogP contribution in [0.4, 0.5) is 0 Å². The number of piperazine rings is 1. The van der Waals surface area contributed by atoms with E-state index in [4.69, 9.17) is 0 Å². The van der Waals surface area contributed by atoms with E-state index in [-0.39, 0.29) is 23.9 Å². The Balaban J connectivity index is 1.56. The van der Waals surface area contributed by atoms with Crippen LogP contribution < -0.4 is 0 Å². The van der Waals surface area contributed by atoms with Crippen molar-refractivity contribution in [3.8, 4) is 0 Å². The summed E-state index contributed by atoms with van der Waals surface area (Å²) in [5, 5.41) is 5.15. The minimum absolute atomic E-state index is 0.117. The molecular weight excluding hydrogens is 402 g/mol. The molecule has 0 spiro atoms. The molecule has 0 aliphatic carbocycles. The van der Waals surface area contributed by atoms with Crippen LogP contribution in [0.2, 0.25) is 0 Å². The molecule has 4 rings (SSSR count). The molecule has 1 fully saturated rings. The van der Waals surface area contributed by atoms with Crippen LogP contribution in [0.5, 0.6) is 0 Å². The second kappa shape index (κ2) is 7.48. The lowest BCUT2D eigenvalue weighted by atomic mass is 10.1. The summed E-state index contributed by atoms with van der Waals surface area (Å²) in [6.45, 7) is 6.84. The molecule has 158 valence electrons. The average Bonchev–Trinajstić information content (AvgIpc) is 3.00. The number of pyridine rings is 1. The highest BCUT2D eigenvalue weighted by Gasteiger charge is 2.31. The second-order valence-electron chi connectivity index (χ2n) is 7.73. The van der Waals surface area contributed by atoms with Crippen LogP contribution in [-0.4, -0.2) is 64.5 Å². The van der Waals surface area contributed by atoms with E-state index in [9.17, 15) is 13.2 Å². The third kappa shape index (κ3) is 3.48. The van der Waals surface area contributed by atoms with Gasteiger partial charge in [0.25, 0.3) is 5.91 Å². The second-order valence-corrected chi connectivity index (χ2v) is 9.67. The van der Waals surface area contributed by atoms with Crippen molar-refractivity contribution in [1.82, 2.24) is 24.0 Å². The minimum atomic E-state index is -3.57. The molecule has 1 amide bonds. The van der Waals surface area contributed by atoms with Crippen LogP contribution in [0, 0.1) is 20.8 Å². The number of rotatable bonds is 3. The van der Waals surface area contributed by atoms with Gasteiger partial charge in [0.05, 0.1) is 21.5 Å². The highest BCUT2D eigenvalue weighted by Crippen LogP contribution is 2.24. The third-order valence-electron chi connectivity index (χ3n) is 5.51. The molecule has 1 aliphatic rings. The topological polar surface area (TPSA) is 88.4 Å². The normalized spacial score (nSPS) is 15.7. The molecule has 1 aromatic carbocycles. The van der Waals surface area contributed by atoms with Gasteiger partial charge in [-0.1, -0.05) is 17.7 Å². The highest BCUT2D eigenvalue weighted by molar-refractivity contribution is 7.89. The lowest BCUT2D eigenvalue weighted by Crippen LogP contribution is -2.50. The van der Waals surface area contributed by atoms with Gasteiger partial charge in [-0.3, -0.25) is 9.48 Å². The number of aryl methyl sites for hydroxylation is 4. The van der Waals surface area contributed by atoms with Gasteiger partial charge in [0.15, 0.2) is 5.65 Å². The van der Waals surface area contributed by atoms with Crippen LogP contribution in [0.3, 0.4) is 0 Å². The number of carbonyl (C=O) groups is 1. The first-order valence-electron chi connectivity index (χ1n) is 9.85. The quantitative estimate of drug-likeness (QED) is 0.638. The maximum Gasteiger partial charge on any atom is 0.254 e. The average molecular weight is 428 g/mol. The Morgan fingerprint density at radius 1 is 1.00 bits per heavy atom. The zero-order valence-electron chi connectivity index (χ0n) is 17.6. The number of fused-ring (bicyclic) bond motifs is 1. The molecule has 0 atom stereocenters. The van der Waals surface area contributed by atoms with E-state index >= 15 is 0 Å². The summed E-state index contributed by atoms with van der Waals surface area (Å²) in [6.07, 6.45) is 0. The van der Waals surface area contributed by atoms with E-state index in [1.54, 1.807) is 39.9 Å². The van der Waals surface area contributed by atoms with Crippen molar-refractivity contribution in [2.24, 2.45) is 7.05 Å². The van der Waals surface area contributed by atoms with E-state index in [2.05, 4.69) is 10.1 Å². The van der Waals surface area contributed by atoms with Gasteiger partial charge in [-0.05, 0) is 39.0 Å². The Morgan fingerprint density at radius 2 is 1.63 bits per heavy atom.